The highest BCUT2D eigenvalue weighted by Crippen LogP contribution is 2.23. The normalized spacial score (nSPS) is 26.4. The summed E-state index contributed by atoms with van der Waals surface area (Å²) >= 11 is 0. The molecular formula is C18H27NO6. The summed E-state index contributed by atoms with van der Waals surface area (Å²) in [5, 5.41) is 28.9. The first kappa shape index (κ1) is 19.7. The number of aliphatic hydroxyl groups is 3. The predicted octanol–water partition coefficient (Wildman–Crippen LogP) is 0.433. The van der Waals surface area contributed by atoms with Gasteiger partial charge in [-0.1, -0.05) is 0 Å². The molecule has 7 nitrogen and oxygen atoms in total. The fourth-order valence-electron chi connectivity index (χ4n) is 3.15. The molecule has 0 aromatic heterocycles. The van der Waals surface area contributed by atoms with Gasteiger partial charge < -0.3 is 30.5 Å². The smallest absolute Gasteiger partial charge is 0.249 e. The van der Waals surface area contributed by atoms with Gasteiger partial charge in [-0.15, -0.1) is 0 Å². The number of rotatable bonds is 7. The highest BCUT2D eigenvalue weighted by molar-refractivity contribution is 5.96. The van der Waals surface area contributed by atoms with Crippen LogP contribution >= 0.6 is 0 Å². The molecule has 7 heteroatoms. The van der Waals surface area contributed by atoms with E-state index in [9.17, 15) is 20.1 Å². The third kappa shape index (κ3) is 4.92. The summed E-state index contributed by atoms with van der Waals surface area (Å²) in [7, 11) is 0. The van der Waals surface area contributed by atoms with Crippen LogP contribution in [-0.2, 0) is 4.74 Å². The third-order valence-corrected chi connectivity index (χ3v) is 4.51. The number of carbonyl (C=O) groups is 1. The van der Waals surface area contributed by atoms with Crippen molar-refractivity contribution in [2.45, 2.75) is 57.5 Å². The van der Waals surface area contributed by atoms with Crippen molar-refractivity contribution in [1.82, 2.24) is 0 Å². The molecule has 4 atom stereocenters. The zero-order chi connectivity index (χ0) is 18.6. The standard InChI is InChI=1S/C18H27NO6/c1-10-7-12(8-11(2)15(10)18(19)23)24-6-4-3-5-14-17(22)16(21)13(20)9-25-14/h7-8,13-14,16-17,20-22H,3-6,9H2,1-2H3,(H2,19,23)/t13-,14+,16+,17+/m1/s1. The molecule has 0 spiro atoms. The van der Waals surface area contributed by atoms with E-state index in [-0.39, 0.29) is 6.61 Å². The maximum absolute atomic E-state index is 11.4. The van der Waals surface area contributed by atoms with Gasteiger partial charge in [0.05, 0.1) is 19.3 Å². The topological polar surface area (TPSA) is 122 Å². The van der Waals surface area contributed by atoms with Crippen LogP contribution in [0.2, 0.25) is 0 Å². The fraction of sp³-hybridized carbons (Fsp3) is 0.611. The molecule has 0 saturated carbocycles. The van der Waals surface area contributed by atoms with Crippen molar-refractivity contribution in [3.63, 3.8) is 0 Å². The lowest BCUT2D eigenvalue weighted by Gasteiger charge is -2.35. The number of hydrogen-bond acceptors (Lipinski definition) is 6. The number of aliphatic hydroxyl groups excluding tert-OH is 3. The number of benzene rings is 1. The molecule has 140 valence electrons. The highest BCUT2D eigenvalue weighted by Gasteiger charge is 2.36. The van der Waals surface area contributed by atoms with Gasteiger partial charge in [0, 0.05) is 5.56 Å². The van der Waals surface area contributed by atoms with Gasteiger partial charge in [0.25, 0.3) is 0 Å². The van der Waals surface area contributed by atoms with Crippen LogP contribution in [0, 0.1) is 13.8 Å². The SMILES string of the molecule is Cc1cc(OCCCC[C@@H]2OC[C@@H](O)[C@H](O)[C@H]2O)cc(C)c1C(N)=O. The molecule has 1 amide bonds. The number of nitrogens with two attached hydrogens (primary N) is 1. The lowest BCUT2D eigenvalue weighted by Crippen LogP contribution is -2.52. The van der Waals surface area contributed by atoms with Gasteiger partial charge >= 0.3 is 0 Å². The first-order chi connectivity index (χ1) is 11.8. The van der Waals surface area contributed by atoms with E-state index in [0.29, 0.717) is 24.3 Å². The Morgan fingerprint density at radius 3 is 2.44 bits per heavy atom. The van der Waals surface area contributed by atoms with Crippen LogP contribution in [0.1, 0.15) is 40.7 Å². The predicted molar refractivity (Wildman–Crippen MR) is 91.5 cm³/mol. The number of amides is 1. The molecule has 1 aromatic carbocycles. The van der Waals surface area contributed by atoms with Crippen molar-refractivity contribution in [2.75, 3.05) is 13.2 Å². The number of aryl methyl sites for hydroxylation is 2. The molecule has 0 radical (unpaired) electrons. The molecule has 25 heavy (non-hydrogen) atoms. The van der Waals surface area contributed by atoms with Crippen LogP contribution < -0.4 is 10.5 Å². The summed E-state index contributed by atoms with van der Waals surface area (Å²) in [6.45, 7) is 4.16. The largest absolute Gasteiger partial charge is 0.494 e. The van der Waals surface area contributed by atoms with Crippen LogP contribution in [-0.4, -0.2) is 58.9 Å². The van der Waals surface area contributed by atoms with Gasteiger partial charge in [-0.3, -0.25) is 4.79 Å². The summed E-state index contributed by atoms with van der Waals surface area (Å²) in [6, 6.07) is 3.58. The molecule has 2 rings (SSSR count). The Labute approximate surface area is 147 Å². The Morgan fingerprint density at radius 2 is 1.84 bits per heavy atom. The Bertz CT molecular complexity index is 582. The maximum Gasteiger partial charge on any atom is 0.249 e. The summed E-state index contributed by atoms with van der Waals surface area (Å²) in [6.07, 6.45) is -1.67. The van der Waals surface area contributed by atoms with Crippen LogP contribution in [0.3, 0.4) is 0 Å². The Kier molecular flexibility index (Phi) is 6.78. The van der Waals surface area contributed by atoms with E-state index in [0.717, 1.165) is 24.0 Å². The molecule has 0 bridgehead atoms. The van der Waals surface area contributed by atoms with E-state index in [2.05, 4.69) is 0 Å². The number of hydrogen-bond donors (Lipinski definition) is 4. The Balaban J connectivity index is 1.76. The minimum absolute atomic E-state index is 0.0319. The molecule has 5 N–H and O–H groups in total. The quantitative estimate of drug-likeness (QED) is 0.528. The van der Waals surface area contributed by atoms with Crippen molar-refractivity contribution in [3.05, 3.63) is 28.8 Å². The molecule has 1 aromatic rings. The minimum Gasteiger partial charge on any atom is -0.494 e. The van der Waals surface area contributed by atoms with Crippen LogP contribution in [0.15, 0.2) is 12.1 Å². The average molecular weight is 353 g/mol. The van der Waals surface area contributed by atoms with E-state index in [4.69, 9.17) is 15.2 Å². The molecule has 0 aliphatic carbocycles. The Morgan fingerprint density at radius 1 is 1.20 bits per heavy atom. The molecule has 1 saturated heterocycles. The fourth-order valence-corrected chi connectivity index (χ4v) is 3.15. The van der Waals surface area contributed by atoms with Gasteiger partial charge in [-0.25, -0.2) is 0 Å². The first-order valence-electron chi connectivity index (χ1n) is 8.51. The minimum atomic E-state index is -1.16. The van der Waals surface area contributed by atoms with Crippen molar-refractivity contribution in [2.24, 2.45) is 5.73 Å². The van der Waals surface area contributed by atoms with Crippen LogP contribution in [0.4, 0.5) is 0 Å². The summed E-state index contributed by atoms with van der Waals surface area (Å²) in [5.41, 5.74) is 7.46. The number of ether oxygens (including phenoxy) is 2. The van der Waals surface area contributed by atoms with Gasteiger partial charge in [0.15, 0.2) is 0 Å². The van der Waals surface area contributed by atoms with Crippen molar-refractivity contribution >= 4 is 5.91 Å². The highest BCUT2D eigenvalue weighted by atomic mass is 16.5. The molecular weight excluding hydrogens is 326 g/mol. The zero-order valence-electron chi connectivity index (χ0n) is 14.6. The molecule has 1 aliphatic rings. The van der Waals surface area contributed by atoms with E-state index in [1.54, 1.807) is 12.1 Å². The molecule has 1 aliphatic heterocycles. The van der Waals surface area contributed by atoms with Gasteiger partial charge in [0.1, 0.15) is 24.1 Å². The summed E-state index contributed by atoms with van der Waals surface area (Å²) < 4.78 is 11.1. The maximum atomic E-state index is 11.4. The van der Waals surface area contributed by atoms with Gasteiger partial charge in [0.2, 0.25) is 5.91 Å². The van der Waals surface area contributed by atoms with Gasteiger partial charge in [-0.2, -0.15) is 0 Å². The monoisotopic (exact) mass is 353 g/mol. The Hall–Kier alpha value is -1.67. The molecule has 1 fully saturated rings. The van der Waals surface area contributed by atoms with Crippen LogP contribution in [0.25, 0.3) is 0 Å². The number of unbranched alkanes of at least 4 members (excludes halogenated alkanes) is 1. The first-order valence-corrected chi connectivity index (χ1v) is 8.51. The van der Waals surface area contributed by atoms with E-state index < -0.39 is 30.3 Å². The lowest BCUT2D eigenvalue weighted by molar-refractivity contribution is -0.188. The van der Waals surface area contributed by atoms with E-state index in [1.165, 1.54) is 0 Å². The van der Waals surface area contributed by atoms with Gasteiger partial charge in [-0.05, 0) is 56.4 Å². The number of primary amides is 1. The molecule has 0 unspecified atom stereocenters. The molecule has 1 heterocycles. The second kappa shape index (κ2) is 8.62. The average Bonchev–Trinajstić information content (AvgIpc) is 2.53. The van der Waals surface area contributed by atoms with Crippen LogP contribution in [0.5, 0.6) is 5.75 Å². The van der Waals surface area contributed by atoms with Crippen molar-refractivity contribution in [3.8, 4) is 5.75 Å². The third-order valence-electron chi connectivity index (χ3n) is 4.51. The summed E-state index contributed by atoms with van der Waals surface area (Å²) in [5.74, 6) is 0.243. The second-order valence-electron chi connectivity index (χ2n) is 6.56. The lowest BCUT2D eigenvalue weighted by atomic mass is 9.96. The van der Waals surface area contributed by atoms with E-state index in [1.807, 2.05) is 13.8 Å². The van der Waals surface area contributed by atoms with Crippen molar-refractivity contribution < 1.29 is 29.6 Å². The summed E-state index contributed by atoms with van der Waals surface area (Å²) in [4.78, 5) is 11.4. The van der Waals surface area contributed by atoms with E-state index >= 15 is 0 Å². The number of carbonyl (C=O) groups excluding carboxylic acids is 1. The zero-order valence-corrected chi connectivity index (χ0v) is 14.6. The van der Waals surface area contributed by atoms with Crippen molar-refractivity contribution in [1.29, 1.82) is 0 Å². The second-order valence-corrected chi connectivity index (χ2v) is 6.56.